The molecule has 1 amide bonds. The molecular formula is C28H37N3O5. The highest BCUT2D eigenvalue weighted by molar-refractivity contribution is 5.80. The van der Waals surface area contributed by atoms with Crippen molar-refractivity contribution in [1.82, 2.24) is 14.8 Å². The minimum absolute atomic E-state index is 0.0118. The lowest BCUT2D eigenvalue weighted by molar-refractivity contribution is -0.141. The molecule has 2 aliphatic rings. The summed E-state index contributed by atoms with van der Waals surface area (Å²) in [6.45, 7) is 8.02. The van der Waals surface area contributed by atoms with E-state index in [0.717, 1.165) is 43.5 Å². The molecule has 2 aliphatic heterocycles. The van der Waals surface area contributed by atoms with Gasteiger partial charge >= 0.3 is 5.97 Å². The highest BCUT2D eigenvalue weighted by Gasteiger charge is 2.29. The van der Waals surface area contributed by atoms with Crippen LogP contribution in [0.3, 0.4) is 0 Å². The number of aromatic nitrogens is 1. The lowest BCUT2D eigenvalue weighted by Crippen LogP contribution is -2.47. The highest BCUT2D eigenvalue weighted by Crippen LogP contribution is 2.35. The number of rotatable bonds is 4. The second kappa shape index (κ2) is 11.7. The van der Waals surface area contributed by atoms with Crippen LogP contribution in [0.25, 0.3) is 0 Å². The molecule has 36 heavy (non-hydrogen) atoms. The Morgan fingerprint density at radius 3 is 2.56 bits per heavy atom. The smallest absolute Gasteiger partial charge is 0.303 e. The van der Waals surface area contributed by atoms with Crippen LogP contribution >= 0.6 is 0 Å². The first kappa shape index (κ1) is 25.9. The molecule has 3 heterocycles. The average Bonchev–Trinajstić information content (AvgIpc) is 2.87. The van der Waals surface area contributed by atoms with Gasteiger partial charge in [0.2, 0.25) is 11.8 Å². The Bertz CT molecular complexity index is 1050. The number of ether oxygens (including phenoxy) is 2. The standard InChI is InChI=1S/C28H37N3O5/c1-28(2)14-6-16-31(22-12-17-30(18-13-22)25(32)10-11-26(33)34)19-21-7-5-15-29-27(21)36-24-9-4-3-8-23(24)35-20-28/h3-5,7-9,15,22H,6,10-14,16-20H2,1-2H3,(H,33,34). The van der Waals surface area contributed by atoms with Crippen LogP contribution in [0.15, 0.2) is 42.6 Å². The molecule has 8 heteroatoms. The van der Waals surface area contributed by atoms with E-state index in [1.165, 1.54) is 0 Å². The van der Waals surface area contributed by atoms with Crippen LogP contribution in [0.2, 0.25) is 0 Å². The third-order valence-corrected chi connectivity index (χ3v) is 7.08. The zero-order valence-corrected chi connectivity index (χ0v) is 21.3. The van der Waals surface area contributed by atoms with Gasteiger partial charge < -0.3 is 19.5 Å². The van der Waals surface area contributed by atoms with Crippen LogP contribution in [-0.2, 0) is 16.1 Å². The summed E-state index contributed by atoms with van der Waals surface area (Å²) in [6, 6.07) is 12.1. The van der Waals surface area contributed by atoms with E-state index >= 15 is 0 Å². The number of fused-ring (bicyclic) bond motifs is 2. The van der Waals surface area contributed by atoms with Gasteiger partial charge in [-0.15, -0.1) is 0 Å². The second-order valence-electron chi connectivity index (χ2n) is 10.5. The Morgan fingerprint density at radius 2 is 1.81 bits per heavy atom. The summed E-state index contributed by atoms with van der Waals surface area (Å²) in [6.07, 6.45) is 5.49. The Hall–Kier alpha value is -3.13. The summed E-state index contributed by atoms with van der Waals surface area (Å²) < 4.78 is 12.5. The number of pyridine rings is 1. The molecule has 0 saturated carbocycles. The first-order chi connectivity index (χ1) is 17.3. The van der Waals surface area contributed by atoms with Gasteiger partial charge in [0, 0.05) is 43.9 Å². The summed E-state index contributed by atoms with van der Waals surface area (Å²) in [7, 11) is 0. The fraction of sp³-hybridized carbons (Fsp3) is 0.536. The number of carbonyl (C=O) groups excluding carboxylic acids is 1. The molecule has 0 radical (unpaired) electrons. The number of amides is 1. The lowest BCUT2D eigenvalue weighted by atomic mass is 9.88. The third-order valence-electron chi connectivity index (χ3n) is 7.08. The number of carboxylic acids is 1. The second-order valence-corrected chi connectivity index (χ2v) is 10.5. The van der Waals surface area contributed by atoms with E-state index in [1.54, 1.807) is 6.20 Å². The molecule has 0 aliphatic carbocycles. The Labute approximate surface area is 213 Å². The van der Waals surface area contributed by atoms with Crippen LogP contribution in [0.4, 0.5) is 0 Å². The van der Waals surface area contributed by atoms with Gasteiger partial charge in [-0.3, -0.25) is 14.5 Å². The van der Waals surface area contributed by atoms with Crippen LogP contribution < -0.4 is 9.47 Å². The van der Waals surface area contributed by atoms with Gasteiger partial charge in [0.05, 0.1) is 13.0 Å². The van der Waals surface area contributed by atoms with E-state index < -0.39 is 5.97 Å². The molecule has 1 saturated heterocycles. The SMILES string of the molecule is CC1(C)CCCN(C2CCN(C(=O)CCC(=O)O)CC2)Cc2cccnc2Oc2ccccc2OC1. The number of carboxylic acid groups (broad SMARTS) is 1. The van der Waals surface area contributed by atoms with Gasteiger partial charge in [0.1, 0.15) is 0 Å². The van der Waals surface area contributed by atoms with Gasteiger partial charge in [0.25, 0.3) is 0 Å². The predicted molar refractivity (Wildman–Crippen MR) is 136 cm³/mol. The van der Waals surface area contributed by atoms with E-state index in [0.29, 0.717) is 43.9 Å². The molecule has 1 fully saturated rings. The van der Waals surface area contributed by atoms with Crippen molar-refractivity contribution >= 4 is 11.9 Å². The van der Waals surface area contributed by atoms with E-state index in [2.05, 4.69) is 29.8 Å². The Morgan fingerprint density at radius 1 is 1.06 bits per heavy atom. The average molecular weight is 496 g/mol. The zero-order valence-electron chi connectivity index (χ0n) is 21.3. The maximum Gasteiger partial charge on any atom is 0.303 e. The van der Waals surface area contributed by atoms with Crippen LogP contribution in [-0.4, -0.2) is 64.0 Å². The van der Waals surface area contributed by atoms with Crippen molar-refractivity contribution < 1.29 is 24.2 Å². The molecule has 2 aromatic rings. The number of aliphatic carboxylic acids is 1. The number of hydrogen-bond donors (Lipinski definition) is 1. The first-order valence-electron chi connectivity index (χ1n) is 12.9. The van der Waals surface area contributed by atoms with Crippen LogP contribution in [0.5, 0.6) is 17.4 Å². The first-order valence-corrected chi connectivity index (χ1v) is 12.9. The number of piperidine rings is 1. The Kier molecular flexibility index (Phi) is 8.46. The number of likely N-dealkylation sites (tertiary alicyclic amines) is 1. The third kappa shape index (κ3) is 6.97. The van der Waals surface area contributed by atoms with E-state index in [-0.39, 0.29) is 24.2 Å². The molecule has 8 nitrogen and oxygen atoms in total. The van der Waals surface area contributed by atoms with Crippen molar-refractivity contribution in [3.05, 3.63) is 48.2 Å². The summed E-state index contributed by atoms with van der Waals surface area (Å²) in [4.78, 5) is 32.1. The molecule has 0 atom stereocenters. The van der Waals surface area contributed by atoms with Crippen molar-refractivity contribution in [2.45, 2.75) is 65.0 Å². The van der Waals surface area contributed by atoms with Gasteiger partial charge in [-0.05, 0) is 55.8 Å². The summed E-state index contributed by atoms with van der Waals surface area (Å²) in [5.74, 6) is 0.965. The van der Waals surface area contributed by atoms with Crippen molar-refractivity contribution in [3.8, 4) is 17.4 Å². The summed E-state index contributed by atoms with van der Waals surface area (Å²) >= 11 is 0. The highest BCUT2D eigenvalue weighted by atomic mass is 16.5. The molecule has 194 valence electrons. The minimum Gasteiger partial charge on any atom is -0.489 e. The normalized spacial score (nSPS) is 19.3. The van der Waals surface area contributed by atoms with Crippen LogP contribution in [0, 0.1) is 5.41 Å². The molecule has 1 aromatic carbocycles. The minimum atomic E-state index is -0.932. The molecular weight excluding hydrogens is 458 g/mol. The largest absolute Gasteiger partial charge is 0.489 e. The number of carbonyl (C=O) groups is 2. The maximum absolute atomic E-state index is 12.4. The zero-order chi connectivity index (χ0) is 25.5. The lowest BCUT2D eigenvalue weighted by Gasteiger charge is -2.39. The predicted octanol–water partition coefficient (Wildman–Crippen LogP) is 4.73. The quantitative estimate of drug-likeness (QED) is 0.655. The van der Waals surface area contributed by atoms with Gasteiger partial charge in [-0.2, -0.15) is 0 Å². The van der Waals surface area contributed by atoms with Crippen LogP contribution in [0.1, 0.15) is 57.9 Å². The molecule has 1 aromatic heterocycles. The van der Waals surface area contributed by atoms with Gasteiger partial charge in [-0.1, -0.05) is 32.0 Å². The topological polar surface area (TPSA) is 92.2 Å². The van der Waals surface area contributed by atoms with Gasteiger partial charge in [0.15, 0.2) is 11.5 Å². The monoisotopic (exact) mass is 495 g/mol. The number of hydrogen-bond acceptors (Lipinski definition) is 6. The summed E-state index contributed by atoms with van der Waals surface area (Å²) in [5, 5.41) is 8.89. The van der Waals surface area contributed by atoms with E-state index in [4.69, 9.17) is 14.6 Å². The van der Waals surface area contributed by atoms with Crippen molar-refractivity contribution in [2.24, 2.45) is 5.41 Å². The molecule has 0 spiro atoms. The van der Waals surface area contributed by atoms with Crippen molar-refractivity contribution in [2.75, 3.05) is 26.2 Å². The Balaban J connectivity index is 1.52. The van der Waals surface area contributed by atoms with E-state index in [9.17, 15) is 9.59 Å². The maximum atomic E-state index is 12.4. The number of para-hydroxylation sites is 2. The molecule has 0 unspecified atom stereocenters. The molecule has 0 bridgehead atoms. The van der Waals surface area contributed by atoms with E-state index in [1.807, 2.05) is 35.2 Å². The van der Waals surface area contributed by atoms with Crippen molar-refractivity contribution in [1.29, 1.82) is 0 Å². The fourth-order valence-corrected chi connectivity index (χ4v) is 4.96. The summed E-state index contributed by atoms with van der Waals surface area (Å²) in [5.41, 5.74) is 1.03. The molecule has 1 N–H and O–H groups in total. The van der Waals surface area contributed by atoms with Crippen molar-refractivity contribution in [3.63, 3.8) is 0 Å². The number of benzene rings is 1. The molecule has 4 rings (SSSR count). The number of nitrogens with zero attached hydrogens (tertiary/aromatic N) is 3. The fourth-order valence-electron chi connectivity index (χ4n) is 4.96. The van der Waals surface area contributed by atoms with Gasteiger partial charge in [-0.25, -0.2) is 4.98 Å².